The van der Waals surface area contributed by atoms with Crippen LogP contribution in [0.4, 0.5) is 0 Å². The maximum atomic E-state index is 9.79. The van der Waals surface area contributed by atoms with Crippen LogP contribution < -0.4 is 5.32 Å². The highest BCUT2D eigenvalue weighted by atomic mass is 16.5. The fraction of sp³-hybridized carbons (Fsp3) is 0.625. The SMILES string of the molecule is O[C@@H](CNCCc1ccccc1)COC[C@H]1CCCO1. The third-order valence-corrected chi connectivity index (χ3v) is 3.45. The second-order valence-electron chi connectivity index (χ2n) is 5.27. The van der Waals surface area contributed by atoms with E-state index in [9.17, 15) is 5.11 Å². The smallest absolute Gasteiger partial charge is 0.0897 e. The fourth-order valence-electron chi connectivity index (χ4n) is 2.32. The van der Waals surface area contributed by atoms with E-state index in [0.29, 0.717) is 19.8 Å². The number of aliphatic hydroxyl groups excluding tert-OH is 1. The molecule has 0 saturated carbocycles. The molecule has 1 heterocycles. The van der Waals surface area contributed by atoms with Gasteiger partial charge in [0.1, 0.15) is 0 Å². The van der Waals surface area contributed by atoms with Crippen LogP contribution >= 0.6 is 0 Å². The number of hydrogen-bond acceptors (Lipinski definition) is 4. The van der Waals surface area contributed by atoms with E-state index in [-0.39, 0.29) is 6.10 Å². The topological polar surface area (TPSA) is 50.7 Å². The second-order valence-corrected chi connectivity index (χ2v) is 5.27. The molecule has 0 bridgehead atoms. The zero-order valence-corrected chi connectivity index (χ0v) is 12.0. The van der Waals surface area contributed by atoms with Gasteiger partial charge < -0.3 is 19.9 Å². The number of aliphatic hydroxyl groups is 1. The Morgan fingerprint density at radius 2 is 2.20 bits per heavy atom. The van der Waals surface area contributed by atoms with Gasteiger partial charge in [0, 0.05) is 13.2 Å². The third kappa shape index (κ3) is 6.01. The lowest BCUT2D eigenvalue weighted by molar-refractivity contribution is -0.0163. The Bertz CT molecular complexity index is 352. The summed E-state index contributed by atoms with van der Waals surface area (Å²) in [6, 6.07) is 10.3. The Labute approximate surface area is 121 Å². The Balaban J connectivity index is 1.46. The first-order valence-electron chi connectivity index (χ1n) is 7.46. The van der Waals surface area contributed by atoms with E-state index in [1.165, 1.54) is 5.56 Å². The van der Waals surface area contributed by atoms with Gasteiger partial charge in [-0.05, 0) is 31.4 Å². The molecule has 2 rings (SSSR count). The lowest BCUT2D eigenvalue weighted by Crippen LogP contribution is -2.32. The summed E-state index contributed by atoms with van der Waals surface area (Å²) in [5.74, 6) is 0. The molecule has 4 nitrogen and oxygen atoms in total. The summed E-state index contributed by atoms with van der Waals surface area (Å²) in [5, 5.41) is 13.0. The summed E-state index contributed by atoms with van der Waals surface area (Å²) in [4.78, 5) is 0. The van der Waals surface area contributed by atoms with Crippen LogP contribution in [0.1, 0.15) is 18.4 Å². The van der Waals surface area contributed by atoms with Crippen molar-refractivity contribution in [2.75, 3.05) is 32.9 Å². The highest BCUT2D eigenvalue weighted by molar-refractivity contribution is 5.14. The van der Waals surface area contributed by atoms with Gasteiger partial charge in [0.25, 0.3) is 0 Å². The van der Waals surface area contributed by atoms with Crippen LogP contribution in [0, 0.1) is 0 Å². The number of hydrogen-bond donors (Lipinski definition) is 2. The van der Waals surface area contributed by atoms with Crippen molar-refractivity contribution in [3.8, 4) is 0 Å². The van der Waals surface area contributed by atoms with Gasteiger partial charge in [0.05, 0.1) is 25.4 Å². The van der Waals surface area contributed by atoms with Crippen molar-refractivity contribution in [1.29, 1.82) is 0 Å². The molecule has 1 aliphatic heterocycles. The molecule has 0 spiro atoms. The van der Waals surface area contributed by atoms with Crippen LogP contribution in [-0.2, 0) is 15.9 Å². The zero-order chi connectivity index (χ0) is 14.0. The van der Waals surface area contributed by atoms with E-state index >= 15 is 0 Å². The normalized spacial score (nSPS) is 20.1. The largest absolute Gasteiger partial charge is 0.389 e. The summed E-state index contributed by atoms with van der Waals surface area (Å²) in [5.41, 5.74) is 1.31. The van der Waals surface area contributed by atoms with Crippen molar-refractivity contribution >= 4 is 0 Å². The molecule has 0 aliphatic carbocycles. The summed E-state index contributed by atoms with van der Waals surface area (Å²) >= 11 is 0. The van der Waals surface area contributed by atoms with Gasteiger partial charge in [0.2, 0.25) is 0 Å². The van der Waals surface area contributed by atoms with Gasteiger partial charge in [-0.2, -0.15) is 0 Å². The summed E-state index contributed by atoms with van der Waals surface area (Å²) in [7, 11) is 0. The monoisotopic (exact) mass is 279 g/mol. The number of nitrogens with one attached hydrogen (secondary N) is 1. The Morgan fingerprint density at radius 3 is 2.95 bits per heavy atom. The van der Waals surface area contributed by atoms with Gasteiger partial charge in [0.15, 0.2) is 0 Å². The van der Waals surface area contributed by atoms with Gasteiger partial charge >= 0.3 is 0 Å². The highest BCUT2D eigenvalue weighted by Crippen LogP contribution is 2.11. The van der Waals surface area contributed by atoms with Crippen molar-refractivity contribution in [2.24, 2.45) is 0 Å². The van der Waals surface area contributed by atoms with Crippen molar-refractivity contribution in [2.45, 2.75) is 31.5 Å². The summed E-state index contributed by atoms with van der Waals surface area (Å²) in [6.07, 6.45) is 2.95. The predicted octanol–water partition coefficient (Wildman–Crippen LogP) is 1.38. The van der Waals surface area contributed by atoms with E-state index in [1.807, 2.05) is 18.2 Å². The van der Waals surface area contributed by atoms with E-state index in [1.54, 1.807) is 0 Å². The molecule has 112 valence electrons. The molecular formula is C16H25NO3. The lowest BCUT2D eigenvalue weighted by atomic mass is 10.1. The summed E-state index contributed by atoms with van der Waals surface area (Å²) in [6.45, 7) is 3.25. The number of rotatable bonds is 9. The molecule has 2 N–H and O–H groups in total. The van der Waals surface area contributed by atoms with Crippen LogP contribution in [0.15, 0.2) is 30.3 Å². The van der Waals surface area contributed by atoms with E-state index in [2.05, 4.69) is 17.4 Å². The fourth-order valence-corrected chi connectivity index (χ4v) is 2.32. The van der Waals surface area contributed by atoms with Crippen molar-refractivity contribution < 1.29 is 14.6 Å². The maximum absolute atomic E-state index is 9.79. The first-order valence-corrected chi connectivity index (χ1v) is 7.46. The first kappa shape index (κ1) is 15.4. The Morgan fingerprint density at radius 1 is 1.35 bits per heavy atom. The molecule has 0 radical (unpaired) electrons. The predicted molar refractivity (Wildman–Crippen MR) is 78.8 cm³/mol. The zero-order valence-electron chi connectivity index (χ0n) is 12.0. The highest BCUT2D eigenvalue weighted by Gasteiger charge is 2.15. The average molecular weight is 279 g/mol. The molecule has 1 aromatic rings. The van der Waals surface area contributed by atoms with Gasteiger partial charge in [-0.1, -0.05) is 30.3 Å². The molecule has 0 unspecified atom stereocenters. The number of ether oxygens (including phenoxy) is 2. The van der Waals surface area contributed by atoms with Crippen LogP contribution in [0.2, 0.25) is 0 Å². The van der Waals surface area contributed by atoms with Crippen LogP contribution in [0.5, 0.6) is 0 Å². The molecular weight excluding hydrogens is 254 g/mol. The number of benzene rings is 1. The molecule has 4 heteroatoms. The first-order chi connectivity index (χ1) is 9.84. The molecule has 0 amide bonds. The molecule has 1 aliphatic rings. The maximum Gasteiger partial charge on any atom is 0.0897 e. The second kappa shape index (κ2) is 9.08. The van der Waals surface area contributed by atoms with Gasteiger partial charge in [-0.15, -0.1) is 0 Å². The van der Waals surface area contributed by atoms with Crippen molar-refractivity contribution in [1.82, 2.24) is 5.32 Å². The summed E-state index contributed by atoms with van der Waals surface area (Å²) < 4.78 is 10.9. The van der Waals surface area contributed by atoms with Crippen molar-refractivity contribution in [3.05, 3.63) is 35.9 Å². The van der Waals surface area contributed by atoms with Gasteiger partial charge in [-0.25, -0.2) is 0 Å². The van der Waals surface area contributed by atoms with Crippen molar-refractivity contribution in [3.63, 3.8) is 0 Å². The van der Waals surface area contributed by atoms with E-state index in [0.717, 1.165) is 32.4 Å². The molecule has 1 fully saturated rings. The molecule has 0 aromatic heterocycles. The van der Waals surface area contributed by atoms with Crippen LogP contribution in [0.25, 0.3) is 0 Å². The molecule has 2 atom stereocenters. The van der Waals surface area contributed by atoms with Crippen LogP contribution in [0.3, 0.4) is 0 Å². The molecule has 1 aromatic carbocycles. The van der Waals surface area contributed by atoms with Crippen LogP contribution in [-0.4, -0.2) is 50.2 Å². The standard InChI is InChI=1S/C16H25NO3/c18-15(12-19-13-16-7-4-10-20-16)11-17-9-8-14-5-2-1-3-6-14/h1-3,5-6,15-18H,4,7-13H2/t15-,16+/m0/s1. The quantitative estimate of drug-likeness (QED) is 0.671. The Kier molecular flexibility index (Phi) is 7.01. The lowest BCUT2D eigenvalue weighted by Gasteiger charge is -2.14. The minimum absolute atomic E-state index is 0.230. The molecule has 1 saturated heterocycles. The van der Waals surface area contributed by atoms with E-state index in [4.69, 9.17) is 9.47 Å². The average Bonchev–Trinajstić information content (AvgIpc) is 2.98. The van der Waals surface area contributed by atoms with E-state index < -0.39 is 6.10 Å². The minimum atomic E-state index is -0.452. The Hall–Kier alpha value is -0.940. The van der Waals surface area contributed by atoms with Gasteiger partial charge in [-0.3, -0.25) is 0 Å². The molecule has 20 heavy (non-hydrogen) atoms. The minimum Gasteiger partial charge on any atom is -0.389 e. The third-order valence-electron chi connectivity index (χ3n) is 3.45.